The summed E-state index contributed by atoms with van der Waals surface area (Å²) in [6.07, 6.45) is 13.3. The standard InChI is InChI=1S/C21H32N2O4S.C16H21NO2S.C15H19NO3S.C14H16N2O4S/c1-15-9-11-19(12-10-15)28(25,26)23-16-7-6-8-17(23)14-18(13-16)22(5)20(24)27-21(2,3)4;1-12-6-8-16(9-7-12)20(18,19)17-14-4-3-5-15(17)11-13(2)10-14;1-11-5-7-15(8-6-11)20(18,19)16-12-3-2-4-13(16)10-14(17)9-12;1-9-5-7-10(8-6-9)21(19,20)16-11-3-2-4-12(16)14(18)15-13(11)17/h9-12,16-18H,6-8,13-14H2,1-5H3;6-9,14-15H,2-5,10-11H2,1H3;5-8,12-13H,2-4,9-10H2,1H3;5-8,11-12H,2-4H2,1H3,(H,15,17,18). The number of Topliss-reactive ketones (excluding diaryl/α,β-unsaturated/α-hetero) is 1. The number of hydrogen-bond donors (Lipinski definition) is 1. The Hall–Kier alpha value is -5.66. The third-order valence-corrected chi connectivity index (χ3v) is 26.5. The van der Waals surface area contributed by atoms with Gasteiger partial charge in [0.15, 0.2) is 0 Å². The highest BCUT2D eigenvalue weighted by atomic mass is 32.2. The van der Waals surface area contributed by atoms with E-state index in [1.807, 2.05) is 84.9 Å². The lowest BCUT2D eigenvalue weighted by molar-refractivity contribution is -0.143. The van der Waals surface area contributed by atoms with E-state index in [-0.39, 0.29) is 59.1 Å². The third kappa shape index (κ3) is 15.1. The number of amides is 3. The molecule has 8 saturated heterocycles. The van der Waals surface area contributed by atoms with Crippen molar-refractivity contribution in [3.8, 4) is 0 Å². The van der Waals surface area contributed by atoms with Crippen LogP contribution >= 0.6 is 0 Å². The molecule has 8 aliphatic rings. The molecule has 8 aliphatic heterocycles. The summed E-state index contributed by atoms with van der Waals surface area (Å²) in [7, 11) is -12.5. The van der Waals surface area contributed by atoms with E-state index in [2.05, 4.69) is 11.9 Å². The largest absolute Gasteiger partial charge is 0.444 e. The van der Waals surface area contributed by atoms with Crippen LogP contribution in [0.3, 0.4) is 0 Å². The molecule has 89 heavy (non-hydrogen) atoms. The number of sulfonamides is 4. The molecule has 0 aromatic heterocycles. The van der Waals surface area contributed by atoms with Gasteiger partial charge in [-0.25, -0.2) is 38.5 Å². The van der Waals surface area contributed by atoms with E-state index >= 15 is 0 Å². The van der Waals surface area contributed by atoms with Crippen LogP contribution < -0.4 is 5.32 Å². The van der Waals surface area contributed by atoms with Crippen LogP contribution in [-0.2, 0) is 59.2 Å². The van der Waals surface area contributed by atoms with E-state index in [0.717, 1.165) is 97.2 Å². The van der Waals surface area contributed by atoms with Crippen LogP contribution in [0.4, 0.5) is 4.79 Å². The molecule has 4 aromatic rings. The molecule has 3 amide bonds. The number of fused-ring (bicyclic) bond motifs is 8. The summed E-state index contributed by atoms with van der Waals surface area (Å²) in [5.74, 6) is -0.840. The Labute approximate surface area is 527 Å². The highest BCUT2D eigenvalue weighted by Gasteiger charge is 2.51. The van der Waals surface area contributed by atoms with Crippen molar-refractivity contribution in [3.05, 3.63) is 131 Å². The second-order valence-corrected chi connectivity index (χ2v) is 33.8. The van der Waals surface area contributed by atoms with E-state index in [1.165, 1.54) is 17.7 Å². The van der Waals surface area contributed by atoms with Crippen LogP contribution in [0, 0.1) is 27.7 Å². The van der Waals surface area contributed by atoms with Crippen molar-refractivity contribution >= 4 is 63.8 Å². The quantitative estimate of drug-likeness (QED) is 0.121. The number of aryl methyl sites for hydroxylation is 4. The average molecular weight is 1300 g/mol. The fourth-order valence-corrected chi connectivity index (χ4v) is 21.5. The molecule has 1 N–H and O–H groups in total. The molecular formula is C66H88N6O13S4. The summed E-state index contributed by atoms with van der Waals surface area (Å²) in [4.78, 5) is 50.9. The lowest BCUT2D eigenvalue weighted by atomic mass is 9.83. The van der Waals surface area contributed by atoms with E-state index in [1.54, 1.807) is 73.4 Å². The van der Waals surface area contributed by atoms with Gasteiger partial charge in [-0.3, -0.25) is 19.7 Å². The maximum Gasteiger partial charge on any atom is 0.410 e. The lowest BCUT2D eigenvalue weighted by Crippen LogP contribution is -2.66. The van der Waals surface area contributed by atoms with E-state index in [4.69, 9.17) is 4.74 Å². The Morgan fingerprint density at radius 1 is 0.461 bits per heavy atom. The topological polar surface area (TPSA) is 242 Å². The van der Waals surface area contributed by atoms with E-state index < -0.39 is 69.6 Å². The smallest absolute Gasteiger partial charge is 0.410 e. The number of hydrogen-bond acceptors (Lipinski definition) is 13. The molecule has 0 radical (unpaired) electrons. The second-order valence-electron chi connectivity index (χ2n) is 26.4. The zero-order valence-electron chi connectivity index (χ0n) is 52.5. The average Bonchev–Trinajstić information content (AvgIpc) is 1.25. The van der Waals surface area contributed by atoms with Gasteiger partial charge < -0.3 is 9.64 Å². The molecule has 8 atom stereocenters. The van der Waals surface area contributed by atoms with Crippen LogP contribution in [0.1, 0.15) is 159 Å². The molecule has 12 rings (SSSR count). The molecule has 4 aromatic carbocycles. The van der Waals surface area contributed by atoms with E-state index in [0.29, 0.717) is 59.6 Å². The van der Waals surface area contributed by atoms with Gasteiger partial charge >= 0.3 is 6.09 Å². The zero-order chi connectivity index (χ0) is 64.5. The Morgan fingerprint density at radius 3 is 1.07 bits per heavy atom. The van der Waals surface area contributed by atoms with E-state index in [9.17, 15) is 52.8 Å². The minimum Gasteiger partial charge on any atom is -0.444 e. The molecule has 484 valence electrons. The number of carbonyl (C=O) groups excluding carboxylic acids is 4. The van der Waals surface area contributed by atoms with Crippen molar-refractivity contribution in [1.29, 1.82) is 0 Å². The number of rotatable bonds is 9. The van der Waals surface area contributed by atoms with Crippen LogP contribution in [0.5, 0.6) is 0 Å². The molecule has 0 aliphatic carbocycles. The first-order valence-corrected chi connectivity index (χ1v) is 37.0. The van der Waals surface area contributed by atoms with Crippen LogP contribution in [0.25, 0.3) is 0 Å². The molecule has 0 spiro atoms. The monoisotopic (exact) mass is 1300 g/mol. The highest BCUT2D eigenvalue weighted by molar-refractivity contribution is 7.90. The number of piperazine rings is 1. The summed E-state index contributed by atoms with van der Waals surface area (Å²) in [5.41, 5.74) is 4.76. The maximum absolute atomic E-state index is 13.3. The minimum absolute atomic E-state index is 0.00498. The molecule has 19 nitrogen and oxygen atoms in total. The van der Waals surface area contributed by atoms with Gasteiger partial charge in [-0.05, 0) is 180 Å². The van der Waals surface area contributed by atoms with Crippen LogP contribution in [0.2, 0.25) is 0 Å². The predicted octanol–water partition coefficient (Wildman–Crippen LogP) is 10.0. The van der Waals surface area contributed by atoms with Gasteiger partial charge in [-0.1, -0.05) is 102 Å². The van der Waals surface area contributed by atoms with Crippen molar-refractivity contribution in [3.63, 3.8) is 0 Å². The molecular weight excluding hydrogens is 1210 g/mol. The first kappa shape index (κ1) is 67.7. The number of ketones is 1. The van der Waals surface area contributed by atoms with Crippen LogP contribution in [0.15, 0.2) is 129 Å². The van der Waals surface area contributed by atoms with Crippen molar-refractivity contribution < 1.29 is 57.6 Å². The van der Waals surface area contributed by atoms with Crippen molar-refractivity contribution in [2.24, 2.45) is 0 Å². The number of piperidine rings is 7. The van der Waals surface area contributed by atoms with Gasteiger partial charge in [0, 0.05) is 62.2 Å². The van der Waals surface area contributed by atoms with Crippen LogP contribution in [-0.4, -0.2) is 147 Å². The molecule has 0 saturated carbocycles. The maximum atomic E-state index is 13.3. The van der Waals surface area contributed by atoms with Gasteiger partial charge in [0.05, 0.1) is 19.6 Å². The molecule has 8 fully saturated rings. The summed E-state index contributed by atoms with van der Waals surface area (Å²) >= 11 is 0. The SMILES string of the molecule is C=C1CC2CCCC(C1)N2S(=O)(=O)c1ccc(C)cc1.Cc1ccc(S(=O)(=O)N2C3CCCC2C(=O)NC3=O)cc1.Cc1ccc(S(=O)(=O)N2C3CCCC2CC(=O)C3)cc1.Cc1ccc(S(=O)(=O)N2C3CCCC2CC(N(C)C(=O)OC(C)(C)C)C3)cc1. The molecule has 8 unspecified atom stereocenters. The number of nitrogens with one attached hydrogen (secondary N) is 1. The Balaban J connectivity index is 0.000000142. The normalized spacial score (nSPS) is 26.8. The summed E-state index contributed by atoms with van der Waals surface area (Å²) in [6.45, 7) is 17.3. The number of carbonyl (C=O) groups is 4. The number of nitrogens with zero attached hydrogens (tertiary/aromatic N) is 5. The van der Waals surface area contributed by atoms with Crippen molar-refractivity contribution in [1.82, 2.24) is 27.4 Å². The second kappa shape index (κ2) is 27.3. The minimum atomic E-state index is -3.85. The summed E-state index contributed by atoms with van der Waals surface area (Å²) in [5, 5.41) is 2.26. The summed E-state index contributed by atoms with van der Waals surface area (Å²) < 4.78 is 115. The van der Waals surface area contributed by atoms with Gasteiger partial charge in [-0.15, -0.1) is 0 Å². The van der Waals surface area contributed by atoms with Crippen molar-refractivity contribution in [2.75, 3.05) is 7.05 Å². The Kier molecular flexibility index (Phi) is 20.8. The molecule has 23 heteroatoms. The van der Waals surface area contributed by atoms with Crippen molar-refractivity contribution in [2.45, 2.75) is 244 Å². The summed E-state index contributed by atoms with van der Waals surface area (Å²) in [6, 6.07) is 25.9. The predicted molar refractivity (Wildman–Crippen MR) is 339 cm³/mol. The zero-order valence-corrected chi connectivity index (χ0v) is 55.8. The third-order valence-electron chi connectivity index (χ3n) is 18.5. The molecule has 8 bridgehead atoms. The number of ether oxygens (including phenoxy) is 1. The van der Waals surface area contributed by atoms with Gasteiger partial charge in [-0.2, -0.15) is 17.2 Å². The Bertz CT molecular complexity index is 3550. The Morgan fingerprint density at radius 2 is 0.742 bits per heavy atom. The lowest BCUT2D eigenvalue weighted by Gasteiger charge is -2.49. The molecule has 8 heterocycles. The fourth-order valence-electron chi connectivity index (χ4n) is 14.1. The van der Waals surface area contributed by atoms with Gasteiger partial charge in [0.1, 0.15) is 23.5 Å². The fraction of sp³-hybridized carbons (Fsp3) is 0.545. The first-order chi connectivity index (χ1) is 41.9. The number of imide groups is 1. The van der Waals surface area contributed by atoms with Gasteiger partial charge in [0.2, 0.25) is 51.9 Å². The highest BCUT2D eigenvalue weighted by Crippen LogP contribution is 2.42. The first-order valence-electron chi connectivity index (χ1n) is 31.3. The number of benzene rings is 4. The van der Waals surface area contributed by atoms with Gasteiger partial charge in [0.25, 0.3) is 0 Å².